The Kier molecular flexibility index (Phi) is 5.62. The van der Waals surface area contributed by atoms with E-state index in [0.29, 0.717) is 12.1 Å². The van der Waals surface area contributed by atoms with E-state index < -0.39 is 15.4 Å². The molecule has 0 radical (unpaired) electrons. The van der Waals surface area contributed by atoms with Gasteiger partial charge in [-0.05, 0) is 30.5 Å². The van der Waals surface area contributed by atoms with Crippen LogP contribution in [0, 0.1) is 11.2 Å². The van der Waals surface area contributed by atoms with Gasteiger partial charge in [0.15, 0.2) is 0 Å². The second-order valence-corrected chi connectivity index (χ2v) is 9.14. The number of amides is 1. The zero-order valence-electron chi connectivity index (χ0n) is 15.2. The fourth-order valence-electron chi connectivity index (χ4n) is 3.32. The average molecular weight is 390 g/mol. The van der Waals surface area contributed by atoms with E-state index in [1.54, 1.807) is 25.1 Å². The SMILES string of the molecule is CCS(=O)(=O)N1CC(Cc2ccccc2F)(C(=O)NCc2ccccc2)C1. The number of halogens is 1. The molecule has 0 spiro atoms. The molecule has 1 aliphatic heterocycles. The lowest BCUT2D eigenvalue weighted by Crippen LogP contribution is -2.65. The highest BCUT2D eigenvalue weighted by Crippen LogP contribution is 2.37. The maximum atomic E-state index is 14.1. The average Bonchev–Trinajstić information content (AvgIpc) is 2.64. The minimum atomic E-state index is -3.38. The molecule has 2 aromatic rings. The molecule has 27 heavy (non-hydrogen) atoms. The van der Waals surface area contributed by atoms with Gasteiger partial charge in [-0.15, -0.1) is 0 Å². The standard InChI is InChI=1S/C20H23FN2O3S/c1-2-27(25,26)23-14-20(15-23,12-17-10-6-7-11-18(17)21)19(24)22-13-16-8-4-3-5-9-16/h3-11H,2,12-15H2,1H3,(H,22,24). The molecule has 1 saturated heterocycles. The van der Waals surface area contributed by atoms with E-state index in [-0.39, 0.29) is 37.0 Å². The van der Waals surface area contributed by atoms with Crippen molar-refractivity contribution in [1.29, 1.82) is 0 Å². The van der Waals surface area contributed by atoms with Gasteiger partial charge in [-0.2, -0.15) is 4.31 Å². The van der Waals surface area contributed by atoms with E-state index in [1.807, 2.05) is 30.3 Å². The summed E-state index contributed by atoms with van der Waals surface area (Å²) in [5.74, 6) is -0.657. The molecule has 0 unspecified atom stereocenters. The summed E-state index contributed by atoms with van der Waals surface area (Å²) >= 11 is 0. The van der Waals surface area contributed by atoms with Crippen molar-refractivity contribution in [3.63, 3.8) is 0 Å². The molecule has 7 heteroatoms. The molecule has 0 saturated carbocycles. The van der Waals surface area contributed by atoms with Gasteiger partial charge in [-0.3, -0.25) is 4.79 Å². The van der Waals surface area contributed by atoms with Gasteiger partial charge < -0.3 is 5.32 Å². The van der Waals surface area contributed by atoms with Gasteiger partial charge in [0.2, 0.25) is 15.9 Å². The highest BCUT2D eigenvalue weighted by molar-refractivity contribution is 7.89. The van der Waals surface area contributed by atoms with Crippen LogP contribution in [0.15, 0.2) is 54.6 Å². The predicted octanol–water partition coefficient (Wildman–Crippen LogP) is 2.34. The van der Waals surface area contributed by atoms with E-state index >= 15 is 0 Å². The van der Waals surface area contributed by atoms with Crippen molar-refractivity contribution in [3.05, 3.63) is 71.5 Å². The van der Waals surface area contributed by atoms with Gasteiger partial charge in [0.05, 0.1) is 11.2 Å². The third-order valence-electron chi connectivity index (χ3n) is 4.98. The van der Waals surface area contributed by atoms with Crippen LogP contribution < -0.4 is 5.32 Å². The van der Waals surface area contributed by atoms with Gasteiger partial charge in [0.1, 0.15) is 5.82 Å². The highest BCUT2D eigenvalue weighted by Gasteiger charge is 2.52. The van der Waals surface area contributed by atoms with Crippen LogP contribution in [-0.2, 0) is 27.8 Å². The van der Waals surface area contributed by atoms with Gasteiger partial charge in [0, 0.05) is 19.6 Å². The fraction of sp³-hybridized carbons (Fsp3) is 0.350. The largest absolute Gasteiger partial charge is 0.351 e. The first-order valence-electron chi connectivity index (χ1n) is 8.90. The van der Waals surface area contributed by atoms with Crippen molar-refractivity contribution in [2.45, 2.75) is 19.9 Å². The molecule has 1 aliphatic rings. The van der Waals surface area contributed by atoms with Crippen LogP contribution in [0.4, 0.5) is 4.39 Å². The lowest BCUT2D eigenvalue weighted by atomic mass is 9.75. The van der Waals surface area contributed by atoms with Crippen LogP contribution in [0.2, 0.25) is 0 Å². The van der Waals surface area contributed by atoms with Gasteiger partial charge in [-0.1, -0.05) is 48.5 Å². The molecule has 0 bridgehead atoms. The van der Waals surface area contributed by atoms with E-state index in [9.17, 15) is 17.6 Å². The van der Waals surface area contributed by atoms with E-state index in [4.69, 9.17) is 0 Å². The maximum Gasteiger partial charge on any atom is 0.229 e. The van der Waals surface area contributed by atoms with Gasteiger partial charge >= 0.3 is 0 Å². The first-order valence-corrected chi connectivity index (χ1v) is 10.5. The number of rotatable bonds is 7. The Hall–Kier alpha value is -2.25. The normalized spacial score (nSPS) is 16.5. The molecule has 1 heterocycles. The van der Waals surface area contributed by atoms with Crippen molar-refractivity contribution in [2.75, 3.05) is 18.8 Å². The highest BCUT2D eigenvalue weighted by atomic mass is 32.2. The summed E-state index contributed by atoms with van der Waals surface area (Å²) < 4.78 is 39.7. The topological polar surface area (TPSA) is 66.5 Å². The molecule has 3 rings (SSSR count). The van der Waals surface area contributed by atoms with Gasteiger partial charge in [0.25, 0.3) is 0 Å². The first-order chi connectivity index (χ1) is 12.9. The molecular weight excluding hydrogens is 367 g/mol. The van der Waals surface area contributed by atoms with Gasteiger partial charge in [-0.25, -0.2) is 12.8 Å². The Bertz CT molecular complexity index is 910. The summed E-state index contributed by atoms with van der Waals surface area (Å²) in [7, 11) is -3.38. The summed E-state index contributed by atoms with van der Waals surface area (Å²) in [5, 5.41) is 2.89. The number of nitrogens with one attached hydrogen (secondary N) is 1. The van der Waals surface area contributed by atoms with Crippen LogP contribution in [-0.4, -0.2) is 37.5 Å². The Labute approximate surface area is 159 Å². The minimum Gasteiger partial charge on any atom is -0.351 e. The Balaban J connectivity index is 1.78. The lowest BCUT2D eigenvalue weighted by molar-refractivity contribution is -0.137. The van der Waals surface area contributed by atoms with Crippen LogP contribution in [0.1, 0.15) is 18.1 Å². The van der Waals surface area contributed by atoms with E-state index in [1.165, 1.54) is 10.4 Å². The molecule has 1 amide bonds. The van der Waals surface area contributed by atoms with Crippen LogP contribution in [0.25, 0.3) is 0 Å². The monoisotopic (exact) mass is 390 g/mol. The smallest absolute Gasteiger partial charge is 0.229 e. The number of sulfonamides is 1. The Morgan fingerprint density at radius 1 is 1.11 bits per heavy atom. The Morgan fingerprint density at radius 2 is 1.74 bits per heavy atom. The molecule has 144 valence electrons. The summed E-state index contributed by atoms with van der Waals surface area (Å²) in [5.41, 5.74) is 0.407. The molecule has 2 aromatic carbocycles. The summed E-state index contributed by atoms with van der Waals surface area (Å²) in [4.78, 5) is 12.9. The van der Waals surface area contributed by atoms with Crippen LogP contribution in [0.5, 0.6) is 0 Å². The molecule has 1 N–H and O–H groups in total. The van der Waals surface area contributed by atoms with E-state index in [0.717, 1.165) is 5.56 Å². The van der Waals surface area contributed by atoms with Crippen LogP contribution >= 0.6 is 0 Å². The summed E-state index contributed by atoms with van der Waals surface area (Å²) in [6.07, 6.45) is 0.163. The third-order valence-corrected chi connectivity index (χ3v) is 6.76. The molecular formula is C20H23FN2O3S. The summed E-state index contributed by atoms with van der Waals surface area (Å²) in [6.45, 7) is 2.05. The molecule has 0 aliphatic carbocycles. The second-order valence-electron chi connectivity index (χ2n) is 6.89. The minimum absolute atomic E-state index is 0.0194. The van der Waals surface area contributed by atoms with Crippen LogP contribution in [0.3, 0.4) is 0 Å². The van der Waals surface area contributed by atoms with Crippen molar-refractivity contribution in [2.24, 2.45) is 5.41 Å². The molecule has 5 nitrogen and oxygen atoms in total. The van der Waals surface area contributed by atoms with Crippen molar-refractivity contribution in [3.8, 4) is 0 Å². The molecule has 1 fully saturated rings. The number of hydrogen-bond acceptors (Lipinski definition) is 3. The predicted molar refractivity (Wildman–Crippen MR) is 102 cm³/mol. The van der Waals surface area contributed by atoms with E-state index in [2.05, 4.69) is 5.32 Å². The van der Waals surface area contributed by atoms with Crippen molar-refractivity contribution < 1.29 is 17.6 Å². The number of carbonyl (C=O) groups is 1. The number of nitrogens with zero attached hydrogens (tertiary/aromatic N) is 1. The second kappa shape index (κ2) is 7.78. The zero-order chi connectivity index (χ0) is 19.5. The quantitative estimate of drug-likeness (QED) is 0.789. The fourth-order valence-corrected chi connectivity index (χ4v) is 4.57. The first kappa shape index (κ1) is 19.5. The Morgan fingerprint density at radius 3 is 2.37 bits per heavy atom. The number of benzene rings is 2. The van der Waals surface area contributed by atoms with Crippen molar-refractivity contribution >= 4 is 15.9 Å². The number of carbonyl (C=O) groups excluding carboxylic acids is 1. The zero-order valence-corrected chi connectivity index (χ0v) is 16.0. The third kappa shape index (κ3) is 4.20. The lowest BCUT2D eigenvalue weighted by Gasteiger charge is -2.47. The van der Waals surface area contributed by atoms with Crippen molar-refractivity contribution in [1.82, 2.24) is 9.62 Å². The summed E-state index contributed by atoms with van der Waals surface area (Å²) in [6, 6.07) is 15.8. The molecule has 0 aromatic heterocycles. The molecule has 0 atom stereocenters. The maximum absolute atomic E-state index is 14.1. The number of hydrogen-bond donors (Lipinski definition) is 1.